The Morgan fingerprint density at radius 3 is 2.54 bits per heavy atom. The maximum absolute atomic E-state index is 12.8. The molecule has 0 aromatic heterocycles. The Hall–Kier alpha value is -3.20. The van der Waals surface area contributed by atoms with E-state index in [9.17, 15) is 13.2 Å². The molecule has 0 bridgehead atoms. The van der Waals surface area contributed by atoms with E-state index in [0.717, 1.165) is 37.4 Å². The molecule has 0 saturated carbocycles. The van der Waals surface area contributed by atoms with Crippen LogP contribution in [-0.4, -0.2) is 45.0 Å². The standard InChI is InChI=1S/C27H31N3O4S/c1-20-9-11-25(12-10-20)29-35(32,33)26-8-4-7-24(16-26)27(31)28-17-22-5-3-6-23(15-22)19-30-13-14-34-21(2)18-30/h3-12,15-16,21,29H,13-14,17-19H2,1-2H3,(H,28,31). The highest BCUT2D eigenvalue weighted by Crippen LogP contribution is 2.18. The summed E-state index contributed by atoms with van der Waals surface area (Å²) in [4.78, 5) is 15.2. The van der Waals surface area contributed by atoms with Crippen LogP contribution in [0.3, 0.4) is 0 Å². The Morgan fingerprint density at radius 2 is 1.77 bits per heavy atom. The zero-order chi connectivity index (χ0) is 24.8. The third-order valence-electron chi connectivity index (χ3n) is 5.89. The van der Waals surface area contributed by atoms with Gasteiger partial charge >= 0.3 is 0 Å². The van der Waals surface area contributed by atoms with E-state index in [0.29, 0.717) is 12.2 Å². The first-order chi connectivity index (χ1) is 16.8. The molecule has 0 aliphatic carbocycles. The molecule has 3 aromatic rings. The Bertz CT molecular complexity index is 1280. The van der Waals surface area contributed by atoms with Crippen LogP contribution >= 0.6 is 0 Å². The predicted molar refractivity (Wildman–Crippen MR) is 137 cm³/mol. The van der Waals surface area contributed by atoms with E-state index in [1.165, 1.54) is 17.7 Å². The third kappa shape index (κ3) is 6.91. The van der Waals surface area contributed by atoms with Crippen molar-refractivity contribution in [2.75, 3.05) is 24.4 Å². The number of nitrogens with one attached hydrogen (secondary N) is 2. The van der Waals surface area contributed by atoms with Gasteiger partial charge in [-0.15, -0.1) is 0 Å². The molecule has 0 spiro atoms. The third-order valence-corrected chi connectivity index (χ3v) is 7.27. The Labute approximate surface area is 207 Å². The average Bonchev–Trinajstić information content (AvgIpc) is 2.84. The van der Waals surface area contributed by atoms with Crippen LogP contribution in [0.5, 0.6) is 0 Å². The van der Waals surface area contributed by atoms with Crippen molar-refractivity contribution in [1.82, 2.24) is 10.2 Å². The molecule has 35 heavy (non-hydrogen) atoms. The molecule has 1 aliphatic rings. The molecule has 3 aromatic carbocycles. The number of hydrogen-bond donors (Lipinski definition) is 2. The number of ether oxygens (including phenoxy) is 1. The minimum atomic E-state index is -3.82. The van der Waals surface area contributed by atoms with Gasteiger partial charge in [-0.1, -0.05) is 48.0 Å². The topological polar surface area (TPSA) is 87.7 Å². The van der Waals surface area contributed by atoms with Crippen LogP contribution in [0.15, 0.2) is 77.7 Å². The number of carbonyl (C=O) groups is 1. The van der Waals surface area contributed by atoms with Crippen LogP contribution in [0.4, 0.5) is 5.69 Å². The van der Waals surface area contributed by atoms with Crippen molar-refractivity contribution in [3.63, 3.8) is 0 Å². The quantitative estimate of drug-likeness (QED) is 0.496. The van der Waals surface area contributed by atoms with Crippen molar-refractivity contribution >= 4 is 21.6 Å². The first-order valence-corrected chi connectivity index (χ1v) is 13.2. The number of amides is 1. The van der Waals surface area contributed by atoms with Gasteiger partial charge in [-0.2, -0.15) is 0 Å². The largest absolute Gasteiger partial charge is 0.376 e. The maximum atomic E-state index is 12.8. The zero-order valence-corrected chi connectivity index (χ0v) is 20.8. The molecular weight excluding hydrogens is 462 g/mol. The van der Waals surface area contributed by atoms with Crippen LogP contribution in [0.25, 0.3) is 0 Å². The van der Waals surface area contributed by atoms with Gasteiger partial charge < -0.3 is 10.1 Å². The summed E-state index contributed by atoms with van der Waals surface area (Å²) in [5.74, 6) is -0.329. The number of rotatable bonds is 8. The van der Waals surface area contributed by atoms with Gasteiger partial charge in [0.2, 0.25) is 0 Å². The first-order valence-electron chi connectivity index (χ1n) is 11.7. The maximum Gasteiger partial charge on any atom is 0.261 e. The molecule has 8 heteroatoms. The van der Waals surface area contributed by atoms with Crippen LogP contribution in [0.1, 0.15) is 34.0 Å². The Balaban J connectivity index is 1.38. The summed E-state index contributed by atoms with van der Waals surface area (Å²) < 4.78 is 33.8. The summed E-state index contributed by atoms with van der Waals surface area (Å²) in [6.07, 6.45) is 0.234. The molecule has 1 fully saturated rings. The van der Waals surface area contributed by atoms with Gasteiger partial charge in [0.25, 0.3) is 15.9 Å². The van der Waals surface area contributed by atoms with Crippen molar-refractivity contribution in [3.05, 3.63) is 95.1 Å². The van der Waals surface area contributed by atoms with Crippen LogP contribution < -0.4 is 10.0 Å². The van der Waals surface area contributed by atoms with Gasteiger partial charge in [0, 0.05) is 37.4 Å². The lowest BCUT2D eigenvalue weighted by atomic mass is 10.1. The minimum absolute atomic E-state index is 0.0347. The highest BCUT2D eigenvalue weighted by atomic mass is 32.2. The van der Waals surface area contributed by atoms with E-state index in [-0.39, 0.29) is 22.5 Å². The molecule has 7 nitrogen and oxygen atoms in total. The van der Waals surface area contributed by atoms with E-state index >= 15 is 0 Å². The Morgan fingerprint density at radius 1 is 1.03 bits per heavy atom. The second kappa shape index (κ2) is 11.0. The van der Waals surface area contributed by atoms with E-state index in [2.05, 4.69) is 34.0 Å². The highest BCUT2D eigenvalue weighted by molar-refractivity contribution is 7.92. The van der Waals surface area contributed by atoms with Crippen molar-refractivity contribution in [1.29, 1.82) is 0 Å². The lowest BCUT2D eigenvalue weighted by molar-refractivity contribution is -0.0212. The fraction of sp³-hybridized carbons (Fsp3) is 0.296. The van der Waals surface area contributed by atoms with Crippen molar-refractivity contribution in [2.24, 2.45) is 0 Å². The molecule has 1 saturated heterocycles. The number of carbonyl (C=O) groups excluding carboxylic acids is 1. The van der Waals surface area contributed by atoms with Gasteiger partial charge in [0.1, 0.15) is 0 Å². The van der Waals surface area contributed by atoms with Crippen molar-refractivity contribution in [2.45, 2.75) is 37.9 Å². The minimum Gasteiger partial charge on any atom is -0.376 e. The van der Waals surface area contributed by atoms with Gasteiger partial charge in [0.15, 0.2) is 0 Å². The van der Waals surface area contributed by atoms with E-state index in [4.69, 9.17) is 4.74 Å². The molecule has 1 unspecified atom stereocenters. The number of aryl methyl sites for hydroxylation is 1. The summed E-state index contributed by atoms with van der Waals surface area (Å²) in [5.41, 5.74) is 3.96. The van der Waals surface area contributed by atoms with E-state index in [1.54, 1.807) is 24.3 Å². The fourth-order valence-corrected chi connectivity index (χ4v) is 5.16. The molecule has 1 heterocycles. The lowest BCUT2D eigenvalue weighted by Crippen LogP contribution is -2.40. The van der Waals surface area contributed by atoms with Crippen LogP contribution in [-0.2, 0) is 27.8 Å². The van der Waals surface area contributed by atoms with E-state index < -0.39 is 10.0 Å². The molecule has 184 valence electrons. The fourth-order valence-electron chi connectivity index (χ4n) is 4.05. The van der Waals surface area contributed by atoms with Crippen LogP contribution in [0, 0.1) is 6.92 Å². The second-order valence-corrected chi connectivity index (χ2v) is 10.6. The number of anilines is 1. The molecule has 1 amide bonds. The van der Waals surface area contributed by atoms with Gasteiger partial charge in [-0.3, -0.25) is 14.4 Å². The number of morpholine rings is 1. The summed E-state index contributed by atoms with van der Waals surface area (Å²) >= 11 is 0. The molecule has 2 N–H and O–H groups in total. The SMILES string of the molecule is Cc1ccc(NS(=O)(=O)c2cccc(C(=O)NCc3cccc(CN4CCOC(C)C4)c3)c2)cc1. The van der Waals surface area contributed by atoms with Gasteiger partial charge in [-0.05, 0) is 55.3 Å². The Kier molecular flexibility index (Phi) is 7.85. The van der Waals surface area contributed by atoms with Gasteiger partial charge in [0.05, 0.1) is 17.6 Å². The zero-order valence-electron chi connectivity index (χ0n) is 20.0. The number of nitrogens with zero attached hydrogens (tertiary/aromatic N) is 1. The second-order valence-electron chi connectivity index (χ2n) is 8.92. The number of benzene rings is 3. The molecule has 1 atom stereocenters. The van der Waals surface area contributed by atoms with E-state index in [1.807, 2.05) is 31.2 Å². The lowest BCUT2D eigenvalue weighted by Gasteiger charge is -2.31. The first kappa shape index (κ1) is 24.9. The van der Waals surface area contributed by atoms with Crippen molar-refractivity contribution < 1.29 is 17.9 Å². The predicted octanol–water partition coefficient (Wildman–Crippen LogP) is 3.95. The smallest absolute Gasteiger partial charge is 0.261 e. The number of sulfonamides is 1. The van der Waals surface area contributed by atoms with Crippen LogP contribution in [0.2, 0.25) is 0 Å². The molecular formula is C27H31N3O4S. The summed E-state index contributed by atoms with van der Waals surface area (Å²) in [6, 6.07) is 21.3. The molecule has 4 rings (SSSR count). The monoisotopic (exact) mass is 493 g/mol. The normalized spacial score (nSPS) is 16.6. The molecule has 1 aliphatic heterocycles. The van der Waals surface area contributed by atoms with Crippen molar-refractivity contribution in [3.8, 4) is 0 Å². The average molecular weight is 494 g/mol. The highest BCUT2D eigenvalue weighted by Gasteiger charge is 2.18. The summed E-state index contributed by atoms with van der Waals surface area (Å²) in [7, 11) is -3.82. The number of hydrogen-bond acceptors (Lipinski definition) is 5. The summed E-state index contributed by atoms with van der Waals surface area (Å²) in [5, 5.41) is 2.90. The molecule has 0 radical (unpaired) electrons. The summed E-state index contributed by atoms with van der Waals surface area (Å²) in [6.45, 7) is 7.75. The van der Waals surface area contributed by atoms with Gasteiger partial charge in [-0.25, -0.2) is 8.42 Å².